The molecule has 0 spiro atoms. The Hall–Kier alpha value is -0.300. The van der Waals surface area contributed by atoms with Crippen LogP contribution in [0.15, 0.2) is 12.2 Å². The van der Waals surface area contributed by atoms with Crippen LogP contribution in [0.3, 0.4) is 0 Å². The van der Waals surface area contributed by atoms with E-state index in [1.54, 1.807) is 0 Å². The van der Waals surface area contributed by atoms with E-state index >= 15 is 0 Å². The normalized spacial score (nSPS) is 23.0. The summed E-state index contributed by atoms with van der Waals surface area (Å²) in [7, 11) is 0. The van der Waals surface area contributed by atoms with Gasteiger partial charge in [0.1, 0.15) is 0 Å². The number of piperidine rings is 1. The van der Waals surface area contributed by atoms with Crippen LogP contribution in [0.2, 0.25) is 0 Å². The highest BCUT2D eigenvalue weighted by molar-refractivity contribution is 4.97. The van der Waals surface area contributed by atoms with Gasteiger partial charge >= 0.3 is 0 Å². The van der Waals surface area contributed by atoms with Gasteiger partial charge in [-0.25, -0.2) is 0 Å². The second kappa shape index (κ2) is 4.28. The van der Waals surface area contributed by atoms with Crippen LogP contribution in [0.5, 0.6) is 0 Å². The van der Waals surface area contributed by atoms with Crippen molar-refractivity contribution < 1.29 is 0 Å². The smallest absolute Gasteiger partial charge is 0.0190 e. The topological polar surface area (TPSA) is 3.24 Å². The van der Waals surface area contributed by atoms with Crippen LogP contribution in [0.25, 0.3) is 0 Å². The van der Waals surface area contributed by atoms with Gasteiger partial charge in [-0.05, 0) is 37.8 Å². The number of nitrogens with zero attached hydrogens (tertiary/aromatic N) is 1. The molecule has 0 aromatic rings. The highest BCUT2D eigenvalue weighted by Gasteiger charge is 2.24. The summed E-state index contributed by atoms with van der Waals surface area (Å²) in [5.41, 5.74) is 1.95. The average Bonchev–Trinajstić information content (AvgIpc) is 2.08. The molecule has 1 heteroatoms. The first-order chi connectivity index (χ1) is 6.03. The molecule has 76 valence electrons. The second-order valence-corrected chi connectivity index (χ2v) is 5.04. The Labute approximate surface area is 82.8 Å². The fourth-order valence-corrected chi connectivity index (χ4v) is 1.74. The zero-order valence-electron chi connectivity index (χ0n) is 9.40. The van der Waals surface area contributed by atoms with E-state index in [1.807, 2.05) is 0 Å². The van der Waals surface area contributed by atoms with Crippen LogP contribution < -0.4 is 0 Å². The van der Waals surface area contributed by atoms with Gasteiger partial charge in [-0.15, -0.1) is 0 Å². The molecule has 0 N–H and O–H groups in total. The van der Waals surface area contributed by atoms with E-state index in [1.165, 1.54) is 31.5 Å². The molecule has 1 fully saturated rings. The van der Waals surface area contributed by atoms with Crippen LogP contribution in [0.1, 0.15) is 40.0 Å². The van der Waals surface area contributed by atoms with Crippen LogP contribution in [-0.2, 0) is 0 Å². The van der Waals surface area contributed by atoms with Gasteiger partial charge in [0.15, 0.2) is 0 Å². The first-order valence-electron chi connectivity index (χ1n) is 5.42. The summed E-state index contributed by atoms with van der Waals surface area (Å²) in [4.78, 5) is 2.54. The Morgan fingerprint density at radius 2 is 1.85 bits per heavy atom. The quantitative estimate of drug-likeness (QED) is 0.605. The lowest BCUT2D eigenvalue weighted by atomic mass is 9.82. The maximum Gasteiger partial charge on any atom is 0.0190 e. The van der Waals surface area contributed by atoms with Gasteiger partial charge < -0.3 is 0 Å². The lowest BCUT2D eigenvalue weighted by molar-refractivity contribution is 0.141. The SMILES string of the molecule is C=C(CC)CN1CCC(C)(C)CC1. The zero-order chi connectivity index (χ0) is 9.90. The van der Waals surface area contributed by atoms with Crippen LogP contribution >= 0.6 is 0 Å². The fourth-order valence-electron chi connectivity index (χ4n) is 1.74. The third-order valence-corrected chi connectivity index (χ3v) is 3.16. The molecule has 1 nitrogen and oxygen atoms in total. The molecule has 0 bridgehead atoms. The highest BCUT2D eigenvalue weighted by Crippen LogP contribution is 2.29. The lowest BCUT2D eigenvalue weighted by Gasteiger charge is -2.37. The Morgan fingerprint density at radius 3 is 2.31 bits per heavy atom. The molecule has 0 radical (unpaired) electrons. The van der Waals surface area contributed by atoms with Gasteiger partial charge in [-0.1, -0.05) is 32.9 Å². The number of hydrogen-bond donors (Lipinski definition) is 0. The molecule has 0 unspecified atom stereocenters. The van der Waals surface area contributed by atoms with Crippen molar-refractivity contribution >= 4 is 0 Å². The minimum Gasteiger partial charge on any atom is -0.299 e. The Kier molecular flexibility index (Phi) is 3.55. The van der Waals surface area contributed by atoms with Gasteiger partial charge in [-0.2, -0.15) is 0 Å². The number of rotatable bonds is 3. The van der Waals surface area contributed by atoms with E-state index in [0.717, 1.165) is 13.0 Å². The van der Waals surface area contributed by atoms with E-state index in [4.69, 9.17) is 0 Å². The molecule has 0 aromatic heterocycles. The van der Waals surface area contributed by atoms with Crippen molar-refractivity contribution in [3.05, 3.63) is 12.2 Å². The molecule has 0 aromatic carbocycles. The average molecular weight is 181 g/mol. The largest absolute Gasteiger partial charge is 0.299 e. The van der Waals surface area contributed by atoms with Gasteiger partial charge in [-0.3, -0.25) is 4.90 Å². The van der Waals surface area contributed by atoms with Crippen LogP contribution in [-0.4, -0.2) is 24.5 Å². The molecule has 13 heavy (non-hydrogen) atoms. The second-order valence-electron chi connectivity index (χ2n) is 5.04. The predicted octanol–water partition coefficient (Wildman–Crippen LogP) is 3.07. The van der Waals surface area contributed by atoms with Crippen LogP contribution in [0.4, 0.5) is 0 Å². The molecule has 1 aliphatic rings. The van der Waals surface area contributed by atoms with E-state index < -0.39 is 0 Å². The van der Waals surface area contributed by atoms with Crippen molar-refractivity contribution in [2.24, 2.45) is 5.41 Å². The molecule has 0 saturated carbocycles. The molecule has 0 aliphatic carbocycles. The van der Waals surface area contributed by atoms with Crippen molar-refractivity contribution in [3.8, 4) is 0 Å². The molecule has 0 amide bonds. The highest BCUT2D eigenvalue weighted by atomic mass is 15.1. The van der Waals surface area contributed by atoms with Crippen LogP contribution in [0, 0.1) is 5.41 Å². The van der Waals surface area contributed by atoms with E-state index in [9.17, 15) is 0 Å². The zero-order valence-corrected chi connectivity index (χ0v) is 9.40. The monoisotopic (exact) mass is 181 g/mol. The van der Waals surface area contributed by atoms with Gasteiger partial charge in [0.2, 0.25) is 0 Å². The molecule has 1 aliphatic heterocycles. The molecular formula is C12H23N. The van der Waals surface area contributed by atoms with Gasteiger partial charge in [0.25, 0.3) is 0 Å². The van der Waals surface area contributed by atoms with Crippen molar-refractivity contribution in [2.45, 2.75) is 40.0 Å². The summed E-state index contributed by atoms with van der Waals surface area (Å²) in [6.45, 7) is 14.6. The van der Waals surface area contributed by atoms with E-state index in [2.05, 4.69) is 32.3 Å². The Balaban J connectivity index is 2.29. The summed E-state index contributed by atoms with van der Waals surface area (Å²) in [6.07, 6.45) is 3.80. The van der Waals surface area contributed by atoms with Crippen molar-refractivity contribution in [2.75, 3.05) is 19.6 Å². The standard InChI is InChI=1S/C12H23N/c1-5-11(2)10-13-8-6-12(3,4)7-9-13/h2,5-10H2,1,3-4H3. The molecular weight excluding hydrogens is 158 g/mol. The molecule has 0 atom stereocenters. The first kappa shape index (κ1) is 10.8. The maximum absolute atomic E-state index is 4.06. The third kappa shape index (κ3) is 3.51. The molecule has 1 rings (SSSR count). The Morgan fingerprint density at radius 1 is 1.31 bits per heavy atom. The van der Waals surface area contributed by atoms with Crippen molar-refractivity contribution in [3.63, 3.8) is 0 Å². The number of hydrogen-bond acceptors (Lipinski definition) is 1. The first-order valence-corrected chi connectivity index (χ1v) is 5.42. The van der Waals surface area contributed by atoms with E-state index in [0.29, 0.717) is 5.41 Å². The maximum atomic E-state index is 4.06. The minimum atomic E-state index is 0.573. The summed E-state index contributed by atoms with van der Waals surface area (Å²) in [6, 6.07) is 0. The lowest BCUT2D eigenvalue weighted by Crippen LogP contribution is -2.38. The Bertz CT molecular complexity index is 172. The van der Waals surface area contributed by atoms with Crippen molar-refractivity contribution in [1.82, 2.24) is 4.90 Å². The minimum absolute atomic E-state index is 0.573. The molecule has 1 heterocycles. The van der Waals surface area contributed by atoms with Crippen molar-refractivity contribution in [1.29, 1.82) is 0 Å². The predicted molar refractivity (Wildman–Crippen MR) is 58.9 cm³/mol. The van der Waals surface area contributed by atoms with Gasteiger partial charge in [0, 0.05) is 6.54 Å². The third-order valence-electron chi connectivity index (χ3n) is 3.16. The summed E-state index contributed by atoms with van der Waals surface area (Å²) in [5.74, 6) is 0. The molecule has 1 saturated heterocycles. The summed E-state index contributed by atoms with van der Waals surface area (Å²) in [5, 5.41) is 0. The fraction of sp³-hybridized carbons (Fsp3) is 0.833. The summed E-state index contributed by atoms with van der Waals surface area (Å²) >= 11 is 0. The summed E-state index contributed by atoms with van der Waals surface area (Å²) < 4.78 is 0. The van der Waals surface area contributed by atoms with E-state index in [-0.39, 0.29) is 0 Å². The number of likely N-dealkylation sites (tertiary alicyclic amines) is 1. The van der Waals surface area contributed by atoms with Gasteiger partial charge in [0.05, 0.1) is 0 Å².